The molecule has 2 amide bonds. The summed E-state index contributed by atoms with van der Waals surface area (Å²) in [5.41, 5.74) is 8.30. The van der Waals surface area contributed by atoms with Crippen molar-refractivity contribution in [2.45, 2.75) is 31.6 Å². The van der Waals surface area contributed by atoms with Crippen molar-refractivity contribution in [1.82, 2.24) is 14.7 Å². The smallest absolute Gasteiger partial charge is 0.269 e. The summed E-state index contributed by atoms with van der Waals surface area (Å²) in [6.45, 7) is 0.809. The molecule has 12 heteroatoms. The summed E-state index contributed by atoms with van der Waals surface area (Å²) in [7, 11) is 0. The number of ketones is 1. The standard InChI is InChI=1S/C30H27ClF2N6O3/c31-26-18(8-9-21-29(26)36-11-10-35-21)19-6-3-4-16(27(19)33)12-24(40)23-13-17(32)14-38(23)25(41)15-39-22-7-2-1-5-20(22)28(37-39)30(34)42/h1-9,17,23,35-36H,10-15H2,(H2,34,42)/t17-,23+/m1/s1. The Kier molecular flexibility index (Phi) is 7.28. The summed E-state index contributed by atoms with van der Waals surface area (Å²) in [5.74, 6) is -2.38. The molecule has 1 fully saturated rings. The average molecular weight is 593 g/mol. The van der Waals surface area contributed by atoms with Crippen LogP contribution in [0.2, 0.25) is 5.02 Å². The van der Waals surface area contributed by atoms with Crippen LogP contribution in [0.3, 0.4) is 0 Å². The third-order valence-corrected chi connectivity index (χ3v) is 8.13. The number of hydrogen-bond donors (Lipinski definition) is 3. The molecule has 6 rings (SSSR count). The quantitative estimate of drug-likeness (QED) is 0.296. The minimum absolute atomic E-state index is 0.0113. The predicted molar refractivity (Wildman–Crippen MR) is 156 cm³/mol. The predicted octanol–water partition coefficient (Wildman–Crippen LogP) is 4.18. The van der Waals surface area contributed by atoms with Gasteiger partial charge in [0, 0.05) is 42.4 Å². The van der Waals surface area contributed by atoms with Crippen molar-refractivity contribution in [2.75, 3.05) is 30.3 Å². The molecule has 216 valence electrons. The molecule has 0 spiro atoms. The van der Waals surface area contributed by atoms with E-state index in [1.807, 2.05) is 6.07 Å². The molecule has 1 saturated heterocycles. The molecule has 2 atom stereocenters. The highest BCUT2D eigenvalue weighted by Crippen LogP contribution is 2.41. The van der Waals surface area contributed by atoms with Gasteiger partial charge in [0.1, 0.15) is 18.5 Å². The van der Waals surface area contributed by atoms with Crippen LogP contribution in [0.15, 0.2) is 54.6 Å². The van der Waals surface area contributed by atoms with Gasteiger partial charge in [-0.05, 0) is 17.7 Å². The number of amides is 2. The first kappa shape index (κ1) is 27.6. The molecule has 3 heterocycles. The highest BCUT2D eigenvalue weighted by molar-refractivity contribution is 6.36. The van der Waals surface area contributed by atoms with Crippen LogP contribution in [0, 0.1) is 5.82 Å². The van der Waals surface area contributed by atoms with E-state index in [1.54, 1.807) is 42.5 Å². The molecule has 3 aromatic carbocycles. The molecule has 2 aliphatic rings. The number of alkyl halides is 1. The lowest BCUT2D eigenvalue weighted by Crippen LogP contribution is -2.43. The minimum atomic E-state index is -1.41. The molecular weight excluding hydrogens is 566 g/mol. The fourth-order valence-corrected chi connectivity index (χ4v) is 6.07. The number of likely N-dealkylation sites (tertiary alicyclic amines) is 1. The summed E-state index contributed by atoms with van der Waals surface area (Å²) < 4.78 is 31.7. The average Bonchev–Trinajstić information content (AvgIpc) is 3.56. The van der Waals surface area contributed by atoms with Crippen molar-refractivity contribution in [2.24, 2.45) is 5.73 Å². The number of primary amides is 1. The van der Waals surface area contributed by atoms with Crippen molar-refractivity contribution in [3.8, 4) is 11.1 Å². The molecule has 0 aliphatic carbocycles. The maximum absolute atomic E-state index is 15.8. The number of nitrogens with zero attached hydrogens (tertiary/aromatic N) is 3. The van der Waals surface area contributed by atoms with E-state index in [0.717, 1.165) is 12.2 Å². The number of fused-ring (bicyclic) bond motifs is 2. The van der Waals surface area contributed by atoms with Gasteiger partial charge in [0.15, 0.2) is 11.5 Å². The van der Waals surface area contributed by atoms with Crippen LogP contribution in [0.25, 0.3) is 22.0 Å². The maximum atomic E-state index is 15.8. The largest absolute Gasteiger partial charge is 0.382 e. The number of rotatable bonds is 7. The van der Waals surface area contributed by atoms with Gasteiger partial charge in [-0.25, -0.2) is 8.78 Å². The van der Waals surface area contributed by atoms with Crippen LogP contribution >= 0.6 is 11.6 Å². The molecule has 4 aromatic rings. The molecule has 0 saturated carbocycles. The number of Topliss-reactive ketones (excluding diaryl/α,β-unsaturated/α-hetero) is 1. The minimum Gasteiger partial charge on any atom is -0.382 e. The Labute approximate surface area is 244 Å². The fourth-order valence-electron chi connectivity index (χ4n) is 5.73. The van der Waals surface area contributed by atoms with E-state index in [4.69, 9.17) is 17.3 Å². The molecule has 0 unspecified atom stereocenters. The van der Waals surface area contributed by atoms with Crippen molar-refractivity contribution in [1.29, 1.82) is 0 Å². The van der Waals surface area contributed by atoms with Crippen LogP contribution in [0.1, 0.15) is 22.5 Å². The number of nitrogens with one attached hydrogen (secondary N) is 2. The van der Waals surface area contributed by atoms with Crippen molar-refractivity contribution < 1.29 is 23.2 Å². The first-order valence-corrected chi connectivity index (χ1v) is 13.9. The Morgan fingerprint density at radius 2 is 1.81 bits per heavy atom. The number of hydrogen-bond acceptors (Lipinski definition) is 6. The second-order valence-corrected chi connectivity index (χ2v) is 10.8. The van der Waals surface area contributed by atoms with Crippen molar-refractivity contribution in [3.05, 3.63) is 76.7 Å². The number of anilines is 2. The molecule has 9 nitrogen and oxygen atoms in total. The zero-order chi connectivity index (χ0) is 29.5. The van der Waals surface area contributed by atoms with E-state index in [-0.39, 0.29) is 42.8 Å². The Balaban J connectivity index is 1.23. The topological polar surface area (TPSA) is 122 Å². The maximum Gasteiger partial charge on any atom is 0.269 e. The Hall–Kier alpha value is -4.51. The Morgan fingerprint density at radius 1 is 1.02 bits per heavy atom. The van der Waals surface area contributed by atoms with E-state index < -0.39 is 35.6 Å². The second kappa shape index (κ2) is 11.1. The van der Waals surface area contributed by atoms with E-state index in [0.29, 0.717) is 33.7 Å². The van der Waals surface area contributed by atoms with E-state index >= 15 is 4.39 Å². The number of para-hydroxylation sites is 1. The van der Waals surface area contributed by atoms with Gasteiger partial charge in [-0.2, -0.15) is 5.10 Å². The van der Waals surface area contributed by atoms with Gasteiger partial charge < -0.3 is 21.3 Å². The van der Waals surface area contributed by atoms with Crippen molar-refractivity contribution >= 4 is 51.5 Å². The van der Waals surface area contributed by atoms with E-state index in [1.165, 1.54) is 15.6 Å². The Bertz CT molecular complexity index is 1740. The lowest BCUT2D eigenvalue weighted by Gasteiger charge is -2.24. The zero-order valence-corrected chi connectivity index (χ0v) is 23.1. The Morgan fingerprint density at radius 3 is 2.62 bits per heavy atom. The van der Waals surface area contributed by atoms with Crippen molar-refractivity contribution in [3.63, 3.8) is 0 Å². The number of carbonyl (C=O) groups excluding carboxylic acids is 3. The zero-order valence-electron chi connectivity index (χ0n) is 22.4. The summed E-state index contributed by atoms with van der Waals surface area (Å²) in [5, 5.41) is 11.5. The molecule has 1 aromatic heterocycles. The van der Waals surface area contributed by atoms with Gasteiger partial charge in [-0.3, -0.25) is 19.1 Å². The first-order valence-electron chi connectivity index (χ1n) is 13.5. The normalized spacial score (nSPS) is 17.9. The van der Waals surface area contributed by atoms with Gasteiger partial charge in [0.05, 0.1) is 34.5 Å². The van der Waals surface area contributed by atoms with Crippen LogP contribution < -0.4 is 16.4 Å². The third kappa shape index (κ3) is 4.94. The van der Waals surface area contributed by atoms with Gasteiger partial charge in [0.2, 0.25) is 5.91 Å². The van der Waals surface area contributed by atoms with Gasteiger partial charge in [-0.1, -0.05) is 54.1 Å². The summed E-state index contributed by atoms with van der Waals surface area (Å²) in [6, 6.07) is 14.0. The number of nitrogens with two attached hydrogens (primary N) is 1. The fraction of sp³-hybridized carbons (Fsp3) is 0.267. The first-order chi connectivity index (χ1) is 20.2. The summed E-state index contributed by atoms with van der Waals surface area (Å²) in [4.78, 5) is 39.8. The molecule has 2 aliphatic heterocycles. The number of aromatic nitrogens is 2. The highest BCUT2D eigenvalue weighted by atomic mass is 35.5. The SMILES string of the molecule is NC(=O)c1nn(CC(=O)N2C[C@H](F)C[C@H]2C(=O)Cc2cccc(-c3ccc4c(c3Cl)NCCN4)c2F)c2ccccc12. The number of carbonyl (C=O) groups is 3. The van der Waals surface area contributed by atoms with Crippen LogP contribution in [-0.4, -0.2) is 64.1 Å². The molecule has 0 bridgehead atoms. The molecule has 42 heavy (non-hydrogen) atoms. The van der Waals surface area contributed by atoms with Crippen LogP contribution in [0.5, 0.6) is 0 Å². The van der Waals surface area contributed by atoms with Gasteiger partial charge in [0.25, 0.3) is 5.91 Å². The number of halogens is 3. The summed E-state index contributed by atoms with van der Waals surface area (Å²) >= 11 is 6.63. The lowest BCUT2D eigenvalue weighted by atomic mass is 9.96. The highest BCUT2D eigenvalue weighted by Gasteiger charge is 2.40. The monoisotopic (exact) mass is 592 g/mol. The number of benzene rings is 3. The van der Waals surface area contributed by atoms with E-state index in [9.17, 15) is 18.8 Å². The molecular formula is C30H27ClF2N6O3. The summed E-state index contributed by atoms with van der Waals surface area (Å²) in [6.07, 6.45) is -1.93. The van der Waals surface area contributed by atoms with Gasteiger partial charge >= 0.3 is 0 Å². The van der Waals surface area contributed by atoms with Crippen LogP contribution in [0.4, 0.5) is 20.2 Å². The van der Waals surface area contributed by atoms with Crippen LogP contribution in [-0.2, 0) is 22.6 Å². The van der Waals surface area contributed by atoms with E-state index in [2.05, 4.69) is 15.7 Å². The third-order valence-electron chi connectivity index (χ3n) is 7.74. The lowest BCUT2D eigenvalue weighted by molar-refractivity contribution is -0.138. The molecule has 4 N–H and O–H groups in total. The second-order valence-electron chi connectivity index (χ2n) is 10.4. The molecule has 0 radical (unpaired) electrons. The van der Waals surface area contributed by atoms with Gasteiger partial charge in [-0.15, -0.1) is 0 Å².